The van der Waals surface area contributed by atoms with Crippen molar-refractivity contribution >= 4 is 5.95 Å². The van der Waals surface area contributed by atoms with E-state index in [-0.39, 0.29) is 11.6 Å². The number of aryl methyl sites for hydroxylation is 3. The third-order valence-corrected chi connectivity index (χ3v) is 3.76. The fourth-order valence-electron chi connectivity index (χ4n) is 2.52. The van der Waals surface area contributed by atoms with Gasteiger partial charge in [-0.25, -0.2) is 15.2 Å². The van der Waals surface area contributed by atoms with Gasteiger partial charge in [0.15, 0.2) is 0 Å². The quantitative estimate of drug-likeness (QED) is 0.672. The standard InChI is InChI=1S/C16H23N5O/c1-5-12-9-8-10-13(6-2)14(12)21-11(4)18-15(19-16(21)22)20(17)7-3/h8-10H,5-7,17H2,1-4H3. The summed E-state index contributed by atoms with van der Waals surface area (Å²) in [6.07, 6.45) is 1.68. The van der Waals surface area contributed by atoms with Crippen molar-refractivity contribution in [3.05, 3.63) is 45.6 Å². The van der Waals surface area contributed by atoms with Crippen LogP contribution in [0.25, 0.3) is 5.69 Å². The summed E-state index contributed by atoms with van der Waals surface area (Å²) in [6.45, 7) is 8.38. The van der Waals surface area contributed by atoms with Crippen LogP contribution in [-0.4, -0.2) is 21.1 Å². The molecule has 0 saturated heterocycles. The van der Waals surface area contributed by atoms with Crippen LogP contribution in [0.4, 0.5) is 5.95 Å². The smallest absolute Gasteiger partial charge is 0.279 e. The second-order valence-electron chi connectivity index (χ2n) is 5.11. The lowest BCUT2D eigenvalue weighted by Crippen LogP contribution is -2.36. The zero-order chi connectivity index (χ0) is 16.3. The Morgan fingerprint density at radius 3 is 2.18 bits per heavy atom. The minimum absolute atomic E-state index is 0.258. The third kappa shape index (κ3) is 2.87. The predicted molar refractivity (Wildman–Crippen MR) is 88.3 cm³/mol. The molecule has 0 unspecified atom stereocenters. The first-order chi connectivity index (χ1) is 10.5. The average Bonchev–Trinajstić information content (AvgIpc) is 2.53. The second-order valence-corrected chi connectivity index (χ2v) is 5.11. The Morgan fingerprint density at radius 2 is 1.73 bits per heavy atom. The van der Waals surface area contributed by atoms with Crippen molar-refractivity contribution in [3.63, 3.8) is 0 Å². The normalized spacial score (nSPS) is 10.8. The minimum atomic E-state index is -0.345. The van der Waals surface area contributed by atoms with Gasteiger partial charge < -0.3 is 0 Å². The van der Waals surface area contributed by atoms with Gasteiger partial charge in [-0.1, -0.05) is 32.0 Å². The molecule has 0 aliphatic heterocycles. The van der Waals surface area contributed by atoms with Crippen LogP contribution in [0.5, 0.6) is 0 Å². The molecule has 0 amide bonds. The van der Waals surface area contributed by atoms with Crippen LogP contribution >= 0.6 is 0 Å². The van der Waals surface area contributed by atoms with E-state index in [1.54, 1.807) is 4.57 Å². The molecule has 1 heterocycles. The van der Waals surface area contributed by atoms with Crippen molar-refractivity contribution in [2.75, 3.05) is 11.6 Å². The van der Waals surface area contributed by atoms with E-state index < -0.39 is 0 Å². The Bertz CT molecular complexity index is 701. The second kappa shape index (κ2) is 6.70. The first kappa shape index (κ1) is 16.2. The summed E-state index contributed by atoms with van der Waals surface area (Å²) in [6, 6.07) is 6.10. The molecule has 0 fully saturated rings. The number of rotatable bonds is 5. The number of anilines is 1. The minimum Gasteiger partial charge on any atom is -0.279 e. The molecule has 0 atom stereocenters. The highest BCUT2D eigenvalue weighted by Gasteiger charge is 2.16. The zero-order valence-electron chi connectivity index (χ0n) is 13.6. The lowest BCUT2D eigenvalue weighted by atomic mass is 10.0. The number of hydrogen-bond acceptors (Lipinski definition) is 5. The first-order valence-electron chi connectivity index (χ1n) is 7.64. The molecular formula is C16H23N5O. The van der Waals surface area contributed by atoms with Crippen molar-refractivity contribution in [2.45, 2.75) is 40.5 Å². The summed E-state index contributed by atoms with van der Waals surface area (Å²) in [5.74, 6) is 6.64. The van der Waals surface area contributed by atoms with Gasteiger partial charge in [0.2, 0.25) is 5.95 Å². The van der Waals surface area contributed by atoms with E-state index in [0.717, 1.165) is 29.7 Å². The Morgan fingerprint density at radius 1 is 1.14 bits per heavy atom. The van der Waals surface area contributed by atoms with E-state index in [2.05, 4.69) is 23.8 Å². The zero-order valence-corrected chi connectivity index (χ0v) is 13.6. The molecule has 0 aliphatic carbocycles. The maximum absolute atomic E-state index is 12.5. The highest BCUT2D eigenvalue weighted by Crippen LogP contribution is 2.21. The van der Waals surface area contributed by atoms with Crippen LogP contribution in [0.3, 0.4) is 0 Å². The van der Waals surface area contributed by atoms with Crippen molar-refractivity contribution < 1.29 is 0 Å². The highest BCUT2D eigenvalue weighted by molar-refractivity contribution is 5.49. The predicted octanol–water partition coefficient (Wildman–Crippen LogP) is 1.76. The van der Waals surface area contributed by atoms with Crippen LogP contribution < -0.4 is 16.5 Å². The van der Waals surface area contributed by atoms with Gasteiger partial charge in [0.1, 0.15) is 5.82 Å². The van der Waals surface area contributed by atoms with E-state index in [0.29, 0.717) is 12.4 Å². The largest absolute Gasteiger partial charge is 0.356 e. The van der Waals surface area contributed by atoms with Crippen LogP contribution in [0, 0.1) is 6.92 Å². The molecule has 0 bridgehead atoms. The number of hydrogen-bond donors (Lipinski definition) is 1. The van der Waals surface area contributed by atoms with Gasteiger partial charge in [-0.2, -0.15) is 9.97 Å². The van der Waals surface area contributed by atoms with E-state index in [1.165, 1.54) is 5.01 Å². The number of aromatic nitrogens is 3. The van der Waals surface area contributed by atoms with Gasteiger partial charge in [0, 0.05) is 6.54 Å². The molecule has 2 aromatic rings. The summed E-state index contributed by atoms with van der Waals surface area (Å²) in [5.41, 5.74) is 2.78. The van der Waals surface area contributed by atoms with Gasteiger partial charge in [-0.15, -0.1) is 0 Å². The average molecular weight is 301 g/mol. The van der Waals surface area contributed by atoms with Crippen LogP contribution in [0.1, 0.15) is 37.7 Å². The Balaban J connectivity index is 2.72. The third-order valence-electron chi connectivity index (χ3n) is 3.76. The summed E-state index contributed by atoms with van der Waals surface area (Å²) in [5, 5.41) is 1.37. The highest BCUT2D eigenvalue weighted by atomic mass is 16.1. The molecular weight excluding hydrogens is 278 g/mol. The van der Waals surface area contributed by atoms with Gasteiger partial charge in [-0.05, 0) is 37.8 Å². The fourth-order valence-corrected chi connectivity index (χ4v) is 2.52. The monoisotopic (exact) mass is 301 g/mol. The first-order valence-corrected chi connectivity index (χ1v) is 7.64. The molecule has 0 aliphatic rings. The lowest BCUT2D eigenvalue weighted by Gasteiger charge is -2.19. The van der Waals surface area contributed by atoms with Crippen LogP contribution in [-0.2, 0) is 12.8 Å². The van der Waals surface area contributed by atoms with Gasteiger partial charge in [0.25, 0.3) is 0 Å². The van der Waals surface area contributed by atoms with Gasteiger partial charge in [-0.3, -0.25) is 5.01 Å². The molecule has 2 N–H and O–H groups in total. The molecule has 0 saturated carbocycles. The molecule has 1 aromatic carbocycles. The van der Waals surface area contributed by atoms with Crippen molar-refractivity contribution in [2.24, 2.45) is 5.84 Å². The maximum atomic E-state index is 12.5. The van der Waals surface area contributed by atoms with Crippen molar-refractivity contribution in [1.29, 1.82) is 0 Å². The Labute approximate surface area is 130 Å². The molecule has 22 heavy (non-hydrogen) atoms. The number of nitrogens with zero attached hydrogens (tertiary/aromatic N) is 4. The molecule has 6 heteroatoms. The van der Waals surface area contributed by atoms with Crippen molar-refractivity contribution in [3.8, 4) is 5.69 Å². The number of nitrogens with two attached hydrogens (primary N) is 1. The molecule has 0 radical (unpaired) electrons. The molecule has 118 valence electrons. The lowest BCUT2D eigenvalue weighted by molar-refractivity contribution is 0.749. The Hall–Kier alpha value is -2.21. The van der Waals surface area contributed by atoms with Crippen LogP contribution in [0.15, 0.2) is 23.0 Å². The summed E-state index contributed by atoms with van der Waals surface area (Å²) in [4.78, 5) is 21.0. The molecule has 0 spiro atoms. The molecule has 2 rings (SSSR count). The maximum Gasteiger partial charge on any atom is 0.356 e. The summed E-state index contributed by atoms with van der Waals surface area (Å²) >= 11 is 0. The van der Waals surface area contributed by atoms with E-state index >= 15 is 0 Å². The number of benzene rings is 1. The number of hydrazine groups is 1. The van der Waals surface area contributed by atoms with Gasteiger partial charge >= 0.3 is 5.69 Å². The van der Waals surface area contributed by atoms with E-state index in [9.17, 15) is 4.79 Å². The fraction of sp³-hybridized carbons (Fsp3) is 0.438. The van der Waals surface area contributed by atoms with E-state index in [1.807, 2.05) is 32.0 Å². The summed E-state index contributed by atoms with van der Waals surface area (Å²) < 4.78 is 1.59. The van der Waals surface area contributed by atoms with Crippen molar-refractivity contribution in [1.82, 2.24) is 14.5 Å². The van der Waals surface area contributed by atoms with E-state index in [4.69, 9.17) is 5.84 Å². The topological polar surface area (TPSA) is 77.0 Å². The SMILES string of the molecule is CCc1cccc(CC)c1-n1c(C)nc(N(N)CC)nc1=O. The molecule has 1 aromatic heterocycles. The summed E-state index contributed by atoms with van der Waals surface area (Å²) in [7, 11) is 0. The van der Waals surface area contributed by atoms with Crippen LogP contribution in [0.2, 0.25) is 0 Å². The van der Waals surface area contributed by atoms with Gasteiger partial charge in [0.05, 0.1) is 5.69 Å². The Kier molecular flexibility index (Phi) is 4.92. The number of para-hydroxylation sites is 1. The molecule has 6 nitrogen and oxygen atoms in total.